The maximum absolute atomic E-state index is 12.8. The van der Waals surface area contributed by atoms with Crippen LogP contribution in [0.15, 0.2) is 71.8 Å². The first-order valence-corrected chi connectivity index (χ1v) is 8.91. The van der Waals surface area contributed by atoms with Crippen LogP contribution in [-0.4, -0.2) is 26.4 Å². The summed E-state index contributed by atoms with van der Waals surface area (Å²) in [6.45, 7) is 2.51. The first-order valence-electron chi connectivity index (χ1n) is 8.91. The van der Waals surface area contributed by atoms with E-state index in [-0.39, 0.29) is 23.9 Å². The van der Waals surface area contributed by atoms with Gasteiger partial charge in [-0.1, -0.05) is 37.3 Å². The van der Waals surface area contributed by atoms with Gasteiger partial charge in [-0.25, -0.2) is 4.98 Å². The van der Waals surface area contributed by atoms with Gasteiger partial charge in [-0.2, -0.15) is 0 Å². The monoisotopic (exact) mass is 360 g/mol. The molecule has 0 aliphatic rings. The number of aromatic nitrogens is 3. The van der Waals surface area contributed by atoms with E-state index in [1.807, 2.05) is 54.7 Å². The summed E-state index contributed by atoms with van der Waals surface area (Å²) in [5, 5.41) is 2.93. The molecular formula is C21H20N4O2. The third kappa shape index (κ3) is 3.21. The molecule has 1 amide bonds. The lowest BCUT2D eigenvalue weighted by molar-refractivity contribution is -0.121. The van der Waals surface area contributed by atoms with E-state index in [1.54, 1.807) is 16.7 Å². The molecule has 136 valence electrons. The zero-order valence-corrected chi connectivity index (χ0v) is 15.0. The van der Waals surface area contributed by atoms with Crippen LogP contribution in [0, 0.1) is 0 Å². The highest BCUT2D eigenvalue weighted by Gasteiger charge is 2.14. The second-order valence-electron chi connectivity index (χ2n) is 6.62. The van der Waals surface area contributed by atoms with Crippen LogP contribution in [0.3, 0.4) is 0 Å². The van der Waals surface area contributed by atoms with Gasteiger partial charge in [0, 0.05) is 18.9 Å². The summed E-state index contributed by atoms with van der Waals surface area (Å²) in [4.78, 5) is 29.7. The molecule has 6 heteroatoms. The second kappa shape index (κ2) is 7.07. The molecule has 3 heterocycles. The fourth-order valence-corrected chi connectivity index (χ4v) is 3.30. The van der Waals surface area contributed by atoms with E-state index in [0.29, 0.717) is 17.7 Å². The Morgan fingerprint density at radius 1 is 1.07 bits per heavy atom. The molecule has 1 N–H and O–H groups in total. The zero-order valence-electron chi connectivity index (χ0n) is 15.0. The number of pyridine rings is 1. The third-order valence-corrected chi connectivity index (χ3v) is 4.77. The number of benzene rings is 1. The van der Waals surface area contributed by atoms with Crippen LogP contribution in [0.25, 0.3) is 16.7 Å². The van der Waals surface area contributed by atoms with Gasteiger partial charge in [0.25, 0.3) is 5.56 Å². The van der Waals surface area contributed by atoms with Crippen LogP contribution in [-0.2, 0) is 11.3 Å². The lowest BCUT2D eigenvalue weighted by Gasteiger charge is -2.15. The maximum Gasteiger partial charge on any atom is 0.276 e. The van der Waals surface area contributed by atoms with Crippen molar-refractivity contribution in [2.75, 3.05) is 6.54 Å². The van der Waals surface area contributed by atoms with Crippen LogP contribution in [0.5, 0.6) is 0 Å². The van der Waals surface area contributed by atoms with Crippen LogP contribution >= 0.6 is 0 Å². The Hall–Kier alpha value is -3.41. The highest BCUT2D eigenvalue weighted by molar-refractivity contribution is 5.80. The Kier molecular flexibility index (Phi) is 4.46. The summed E-state index contributed by atoms with van der Waals surface area (Å²) in [6.07, 6.45) is 3.45. The van der Waals surface area contributed by atoms with Crippen LogP contribution in [0.1, 0.15) is 18.4 Å². The lowest BCUT2D eigenvalue weighted by Crippen LogP contribution is -2.35. The molecule has 0 saturated heterocycles. The van der Waals surface area contributed by atoms with Gasteiger partial charge < -0.3 is 9.72 Å². The minimum atomic E-state index is -0.225. The average Bonchev–Trinajstić information content (AvgIpc) is 3.20. The largest absolute Gasteiger partial charge is 0.354 e. The molecular weight excluding hydrogens is 340 g/mol. The van der Waals surface area contributed by atoms with Crippen LogP contribution in [0.4, 0.5) is 0 Å². The van der Waals surface area contributed by atoms with Gasteiger partial charge in [-0.05, 0) is 35.7 Å². The number of carbonyl (C=O) groups is 1. The van der Waals surface area contributed by atoms with E-state index in [9.17, 15) is 9.59 Å². The summed E-state index contributed by atoms with van der Waals surface area (Å²) >= 11 is 0. The molecule has 0 bridgehead atoms. The predicted octanol–water partition coefficient (Wildman–Crippen LogP) is 2.57. The van der Waals surface area contributed by atoms with Gasteiger partial charge in [0.2, 0.25) is 5.91 Å². The van der Waals surface area contributed by atoms with E-state index < -0.39 is 0 Å². The molecule has 6 nitrogen and oxygen atoms in total. The fraction of sp³-hybridized carbons (Fsp3) is 0.190. The quantitative estimate of drug-likeness (QED) is 0.595. The normalized spacial score (nSPS) is 12.3. The summed E-state index contributed by atoms with van der Waals surface area (Å²) in [5.41, 5.74) is 2.76. The molecule has 0 fully saturated rings. The van der Waals surface area contributed by atoms with Crippen molar-refractivity contribution in [3.8, 4) is 0 Å². The van der Waals surface area contributed by atoms with E-state index in [4.69, 9.17) is 0 Å². The Balaban J connectivity index is 1.58. The Morgan fingerprint density at radius 2 is 1.85 bits per heavy atom. The molecule has 4 rings (SSSR count). The predicted molar refractivity (Wildman–Crippen MR) is 105 cm³/mol. The van der Waals surface area contributed by atoms with E-state index in [0.717, 1.165) is 11.1 Å². The van der Waals surface area contributed by atoms with Gasteiger partial charge in [-0.15, -0.1) is 0 Å². The molecule has 1 aromatic carbocycles. The van der Waals surface area contributed by atoms with Gasteiger partial charge in [0.15, 0.2) is 5.65 Å². The highest BCUT2D eigenvalue weighted by atomic mass is 16.2. The van der Waals surface area contributed by atoms with Gasteiger partial charge in [-0.3, -0.25) is 14.2 Å². The van der Waals surface area contributed by atoms with Crippen molar-refractivity contribution in [1.82, 2.24) is 19.3 Å². The van der Waals surface area contributed by atoms with Crippen molar-refractivity contribution < 1.29 is 4.79 Å². The number of amides is 1. The molecule has 1 atom stereocenters. The Bertz CT molecular complexity index is 1160. The third-order valence-electron chi connectivity index (χ3n) is 4.77. The van der Waals surface area contributed by atoms with Crippen LogP contribution in [0.2, 0.25) is 0 Å². The SMILES string of the molecule is CC(CNC(=O)Cn1c(=O)c2cccn2c2cccnc21)c1ccccc1. The maximum atomic E-state index is 12.8. The standard InChI is InChI=1S/C21H20N4O2/c1-15(16-7-3-2-4-8-16)13-23-19(26)14-25-20-17(9-5-11-22-20)24-12-6-10-18(24)21(25)27/h2-12,15H,13-14H2,1H3,(H,23,26). The molecule has 1 unspecified atom stereocenters. The first-order chi connectivity index (χ1) is 13.1. The van der Waals surface area contributed by atoms with Crippen molar-refractivity contribution in [3.05, 3.63) is 82.9 Å². The van der Waals surface area contributed by atoms with Crippen LogP contribution < -0.4 is 10.9 Å². The minimum absolute atomic E-state index is 0.0600. The number of nitrogens with one attached hydrogen (secondary N) is 1. The fourth-order valence-electron chi connectivity index (χ4n) is 3.30. The van der Waals surface area contributed by atoms with Gasteiger partial charge in [0.1, 0.15) is 12.1 Å². The second-order valence-corrected chi connectivity index (χ2v) is 6.62. The lowest BCUT2D eigenvalue weighted by atomic mass is 10.0. The minimum Gasteiger partial charge on any atom is -0.354 e. The smallest absolute Gasteiger partial charge is 0.276 e. The topological polar surface area (TPSA) is 68.4 Å². The van der Waals surface area contributed by atoms with E-state index in [2.05, 4.69) is 17.2 Å². The van der Waals surface area contributed by atoms with Gasteiger partial charge in [0.05, 0.1) is 5.52 Å². The number of carbonyl (C=O) groups excluding carboxylic acids is 1. The van der Waals surface area contributed by atoms with Gasteiger partial charge >= 0.3 is 0 Å². The molecule has 0 aliphatic carbocycles. The molecule has 27 heavy (non-hydrogen) atoms. The van der Waals surface area contributed by atoms with Crippen molar-refractivity contribution >= 4 is 22.6 Å². The zero-order chi connectivity index (χ0) is 18.8. The number of fused-ring (bicyclic) bond motifs is 3. The number of hydrogen-bond donors (Lipinski definition) is 1. The van der Waals surface area contributed by atoms with Crippen molar-refractivity contribution in [3.63, 3.8) is 0 Å². The number of hydrogen-bond acceptors (Lipinski definition) is 3. The van der Waals surface area contributed by atoms with Crippen molar-refractivity contribution in [2.45, 2.75) is 19.4 Å². The van der Waals surface area contributed by atoms with Crippen molar-refractivity contribution in [2.24, 2.45) is 0 Å². The molecule has 3 aromatic heterocycles. The molecule has 0 radical (unpaired) electrons. The summed E-state index contributed by atoms with van der Waals surface area (Å²) in [6, 6.07) is 17.3. The molecule has 4 aromatic rings. The van der Waals surface area contributed by atoms with E-state index >= 15 is 0 Å². The average molecular weight is 360 g/mol. The van der Waals surface area contributed by atoms with Crippen molar-refractivity contribution in [1.29, 1.82) is 0 Å². The Morgan fingerprint density at radius 3 is 2.67 bits per heavy atom. The Labute approximate surface area is 156 Å². The number of rotatable bonds is 5. The van der Waals surface area contributed by atoms with E-state index in [1.165, 1.54) is 4.57 Å². The number of nitrogens with zero attached hydrogens (tertiary/aromatic N) is 3. The highest BCUT2D eigenvalue weighted by Crippen LogP contribution is 2.14. The first kappa shape index (κ1) is 17.0. The summed E-state index contributed by atoms with van der Waals surface area (Å²) in [7, 11) is 0. The summed E-state index contributed by atoms with van der Waals surface area (Å²) in [5.74, 6) is -0.0161. The molecule has 0 aliphatic heterocycles. The molecule has 0 spiro atoms. The summed E-state index contributed by atoms with van der Waals surface area (Å²) < 4.78 is 3.24. The molecule has 0 saturated carbocycles.